The minimum atomic E-state index is -3.94. The lowest BCUT2D eigenvalue weighted by Gasteiger charge is -2.13. The second-order valence-electron chi connectivity index (χ2n) is 6.37. The normalized spacial score (nSPS) is 11.8. The average Bonchev–Trinajstić information content (AvgIpc) is 2.75. The third-order valence-electron chi connectivity index (χ3n) is 4.24. The van der Waals surface area contributed by atoms with Crippen molar-refractivity contribution in [3.05, 3.63) is 59.1 Å². The molecule has 1 aromatic heterocycles. The summed E-state index contributed by atoms with van der Waals surface area (Å²) in [6, 6.07) is 14.2. The van der Waals surface area contributed by atoms with Gasteiger partial charge in [0.2, 0.25) is 0 Å². The molecule has 0 saturated heterocycles. The lowest BCUT2D eigenvalue weighted by atomic mass is 10.1. The Balaban J connectivity index is 1.92. The first-order valence-corrected chi connectivity index (χ1v) is 13.2. The minimum Gasteiger partial charge on any atom is -0.492 e. The largest absolute Gasteiger partial charge is 0.492 e. The lowest BCUT2D eigenvalue weighted by molar-refractivity contribution is 0.331. The molecule has 0 unspecified atom stereocenters. The summed E-state index contributed by atoms with van der Waals surface area (Å²) in [6.07, 6.45) is 0. The standard InChI is InChI=1S/C20H20BrN3O5S2/c1-3-29-18-10-8-15(21)13-19(18)31(27,28)24-16-7-5-6-14(12-16)17-9-11-20(23-22-17)30(25,26)4-2/h5-13,24H,3-4H2,1-2H3. The molecular formula is C20H20BrN3O5S2. The monoisotopic (exact) mass is 525 g/mol. The minimum absolute atomic E-state index is 0.00282. The van der Waals surface area contributed by atoms with Crippen LogP contribution in [0.1, 0.15) is 13.8 Å². The van der Waals surface area contributed by atoms with Gasteiger partial charge in [0.05, 0.1) is 18.1 Å². The molecule has 0 spiro atoms. The number of aromatic nitrogens is 2. The first kappa shape index (κ1) is 23.2. The highest BCUT2D eigenvalue weighted by atomic mass is 79.9. The van der Waals surface area contributed by atoms with E-state index < -0.39 is 19.9 Å². The summed E-state index contributed by atoms with van der Waals surface area (Å²) in [7, 11) is -7.39. The Morgan fingerprint density at radius 2 is 1.74 bits per heavy atom. The van der Waals surface area contributed by atoms with E-state index in [0.29, 0.717) is 28.0 Å². The zero-order valence-corrected chi connectivity index (χ0v) is 20.0. The molecule has 0 aliphatic heterocycles. The molecule has 31 heavy (non-hydrogen) atoms. The van der Waals surface area contributed by atoms with Crippen LogP contribution in [0.5, 0.6) is 5.75 Å². The van der Waals surface area contributed by atoms with Crippen LogP contribution < -0.4 is 9.46 Å². The summed E-state index contributed by atoms with van der Waals surface area (Å²) < 4.78 is 58.3. The van der Waals surface area contributed by atoms with E-state index in [2.05, 4.69) is 30.8 Å². The van der Waals surface area contributed by atoms with Crippen LogP contribution in [0.2, 0.25) is 0 Å². The molecule has 0 aliphatic carbocycles. The second kappa shape index (κ2) is 9.33. The maximum Gasteiger partial charge on any atom is 0.265 e. The summed E-state index contributed by atoms with van der Waals surface area (Å²) in [5, 5.41) is 7.67. The summed E-state index contributed by atoms with van der Waals surface area (Å²) >= 11 is 3.29. The number of nitrogens with zero attached hydrogens (tertiary/aromatic N) is 2. The van der Waals surface area contributed by atoms with Gasteiger partial charge in [0.15, 0.2) is 14.9 Å². The van der Waals surface area contributed by atoms with Crippen molar-refractivity contribution in [3.63, 3.8) is 0 Å². The number of hydrogen-bond donors (Lipinski definition) is 1. The zero-order valence-electron chi connectivity index (χ0n) is 16.7. The van der Waals surface area contributed by atoms with E-state index in [1.165, 1.54) is 25.1 Å². The fraction of sp³-hybridized carbons (Fsp3) is 0.200. The molecule has 164 valence electrons. The molecule has 2 aromatic carbocycles. The topological polar surface area (TPSA) is 115 Å². The Bertz CT molecular complexity index is 1290. The van der Waals surface area contributed by atoms with Crippen molar-refractivity contribution >= 4 is 41.5 Å². The number of hydrogen-bond acceptors (Lipinski definition) is 7. The molecule has 0 atom stereocenters. The van der Waals surface area contributed by atoms with Gasteiger partial charge in [0, 0.05) is 15.7 Å². The predicted molar refractivity (Wildman–Crippen MR) is 121 cm³/mol. The van der Waals surface area contributed by atoms with Crippen molar-refractivity contribution < 1.29 is 21.6 Å². The van der Waals surface area contributed by atoms with Crippen LogP contribution >= 0.6 is 15.9 Å². The number of halogens is 1. The van der Waals surface area contributed by atoms with Gasteiger partial charge in [0.25, 0.3) is 10.0 Å². The molecule has 0 radical (unpaired) electrons. The molecule has 0 amide bonds. The number of rotatable bonds is 8. The van der Waals surface area contributed by atoms with Crippen LogP contribution in [0, 0.1) is 0 Å². The van der Waals surface area contributed by atoms with Gasteiger partial charge in [-0.3, -0.25) is 4.72 Å². The Hall–Kier alpha value is -2.50. The summed E-state index contributed by atoms with van der Waals surface area (Å²) in [4.78, 5) is 0.00282. The van der Waals surface area contributed by atoms with Gasteiger partial charge < -0.3 is 4.74 Å². The van der Waals surface area contributed by atoms with Crippen molar-refractivity contribution in [1.82, 2.24) is 10.2 Å². The van der Waals surface area contributed by atoms with Crippen LogP contribution in [0.25, 0.3) is 11.3 Å². The number of benzene rings is 2. The smallest absolute Gasteiger partial charge is 0.265 e. The lowest BCUT2D eigenvalue weighted by Crippen LogP contribution is -2.14. The SMILES string of the molecule is CCOc1ccc(Br)cc1S(=O)(=O)Nc1cccc(-c2ccc(S(=O)(=O)CC)nn2)c1. The Labute approximate surface area is 189 Å². The van der Waals surface area contributed by atoms with Crippen LogP contribution in [-0.2, 0) is 19.9 Å². The van der Waals surface area contributed by atoms with Gasteiger partial charge in [-0.15, -0.1) is 10.2 Å². The third-order valence-corrected chi connectivity index (χ3v) is 7.76. The molecule has 0 saturated carbocycles. The van der Waals surface area contributed by atoms with E-state index in [9.17, 15) is 16.8 Å². The summed E-state index contributed by atoms with van der Waals surface area (Å²) in [6.45, 7) is 3.62. The fourth-order valence-electron chi connectivity index (χ4n) is 2.71. The van der Waals surface area contributed by atoms with E-state index in [1.807, 2.05) is 0 Å². The van der Waals surface area contributed by atoms with Crippen molar-refractivity contribution in [3.8, 4) is 17.0 Å². The number of sulfonamides is 1. The second-order valence-corrected chi connectivity index (χ2v) is 11.2. The van der Waals surface area contributed by atoms with Crippen LogP contribution in [0.4, 0.5) is 5.69 Å². The van der Waals surface area contributed by atoms with E-state index in [1.54, 1.807) is 43.3 Å². The van der Waals surface area contributed by atoms with Gasteiger partial charge in [0.1, 0.15) is 10.6 Å². The highest BCUT2D eigenvalue weighted by Crippen LogP contribution is 2.30. The van der Waals surface area contributed by atoms with Crippen molar-refractivity contribution in [2.75, 3.05) is 17.1 Å². The van der Waals surface area contributed by atoms with Gasteiger partial charge in [-0.1, -0.05) is 35.0 Å². The molecule has 0 aliphatic rings. The molecular weight excluding hydrogens is 506 g/mol. The summed E-state index contributed by atoms with van der Waals surface area (Å²) in [5.74, 6) is 0.172. The Kier molecular flexibility index (Phi) is 6.97. The van der Waals surface area contributed by atoms with Crippen LogP contribution in [0.3, 0.4) is 0 Å². The van der Waals surface area contributed by atoms with Crippen LogP contribution in [0.15, 0.2) is 69.0 Å². The predicted octanol–water partition coefficient (Wildman–Crippen LogP) is 3.90. The highest BCUT2D eigenvalue weighted by molar-refractivity contribution is 9.10. The average molecular weight is 526 g/mol. The molecule has 0 fully saturated rings. The van der Waals surface area contributed by atoms with Crippen molar-refractivity contribution in [2.45, 2.75) is 23.8 Å². The number of anilines is 1. The molecule has 11 heteroatoms. The van der Waals surface area contributed by atoms with Gasteiger partial charge in [-0.25, -0.2) is 16.8 Å². The number of nitrogens with one attached hydrogen (secondary N) is 1. The van der Waals surface area contributed by atoms with E-state index in [0.717, 1.165) is 0 Å². The maximum absolute atomic E-state index is 13.0. The molecule has 1 heterocycles. The number of sulfone groups is 1. The van der Waals surface area contributed by atoms with Crippen LogP contribution in [-0.4, -0.2) is 39.4 Å². The fourth-order valence-corrected chi connectivity index (χ4v) is 5.18. The molecule has 3 rings (SSSR count). The molecule has 8 nitrogen and oxygen atoms in total. The highest BCUT2D eigenvalue weighted by Gasteiger charge is 2.21. The maximum atomic E-state index is 13.0. The van der Waals surface area contributed by atoms with E-state index in [-0.39, 0.29) is 21.4 Å². The van der Waals surface area contributed by atoms with Gasteiger partial charge in [-0.05, 0) is 49.4 Å². The molecule has 3 aromatic rings. The van der Waals surface area contributed by atoms with Gasteiger partial charge >= 0.3 is 0 Å². The van der Waals surface area contributed by atoms with E-state index >= 15 is 0 Å². The van der Waals surface area contributed by atoms with Gasteiger partial charge in [-0.2, -0.15) is 0 Å². The molecule has 0 bridgehead atoms. The van der Waals surface area contributed by atoms with E-state index in [4.69, 9.17) is 4.74 Å². The quantitative estimate of drug-likeness (QED) is 0.474. The third kappa shape index (κ3) is 5.41. The summed E-state index contributed by atoms with van der Waals surface area (Å²) in [5.41, 5.74) is 1.30. The Morgan fingerprint density at radius 3 is 2.39 bits per heavy atom. The zero-order chi connectivity index (χ0) is 22.6. The molecule has 1 N–H and O–H groups in total. The Morgan fingerprint density at radius 1 is 0.968 bits per heavy atom. The first-order chi connectivity index (χ1) is 14.7. The number of ether oxygens (including phenoxy) is 1. The van der Waals surface area contributed by atoms with Crippen molar-refractivity contribution in [1.29, 1.82) is 0 Å². The first-order valence-electron chi connectivity index (χ1n) is 9.28. The van der Waals surface area contributed by atoms with Crippen molar-refractivity contribution in [2.24, 2.45) is 0 Å².